The van der Waals surface area contributed by atoms with Crippen molar-refractivity contribution in [1.82, 2.24) is 0 Å². The Kier molecular flexibility index (Phi) is 3.50. The minimum Gasteiger partial charge on any atom is -0.466 e. The number of carbonyl (C=O) groups is 2. The molecule has 0 spiro atoms. The van der Waals surface area contributed by atoms with E-state index in [2.05, 4.69) is 10.6 Å². The summed E-state index contributed by atoms with van der Waals surface area (Å²) in [6, 6.07) is 13.6. The van der Waals surface area contributed by atoms with Gasteiger partial charge >= 0.3 is 0 Å². The highest BCUT2D eigenvalue weighted by Crippen LogP contribution is 2.33. The molecule has 1 aliphatic rings. The maximum absolute atomic E-state index is 12.5. The van der Waals surface area contributed by atoms with Crippen LogP contribution in [-0.4, -0.2) is 17.4 Å². The number of benzene rings is 2. The average Bonchev–Trinajstić information content (AvgIpc) is 2.48. The molecular formula is C16H13ClN2O3. The molecule has 0 aromatic heterocycles. The molecule has 112 valence electrons. The summed E-state index contributed by atoms with van der Waals surface area (Å²) in [4.78, 5) is 24.7. The smallest absolute Gasteiger partial charge is 0.278 e. The van der Waals surface area contributed by atoms with Crippen LogP contribution in [0, 0.1) is 0 Å². The second-order valence-electron chi connectivity index (χ2n) is 5.05. The summed E-state index contributed by atoms with van der Waals surface area (Å²) >= 11 is 5.88. The first-order chi connectivity index (χ1) is 10.5. The molecule has 0 saturated heterocycles. The molecule has 2 aromatic rings. The summed E-state index contributed by atoms with van der Waals surface area (Å²) in [7, 11) is 0. The number of hydrogen-bond acceptors (Lipinski definition) is 3. The van der Waals surface area contributed by atoms with E-state index in [1.54, 1.807) is 48.5 Å². The summed E-state index contributed by atoms with van der Waals surface area (Å²) in [6.45, 7) is 1.43. The van der Waals surface area contributed by atoms with Crippen molar-refractivity contribution < 1.29 is 14.3 Å². The van der Waals surface area contributed by atoms with Crippen molar-refractivity contribution >= 4 is 34.8 Å². The molecule has 0 radical (unpaired) electrons. The van der Waals surface area contributed by atoms with E-state index in [4.69, 9.17) is 16.3 Å². The second kappa shape index (κ2) is 5.35. The van der Waals surface area contributed by atoms with Gasteiger partial charge in [-0.1, -0.05) is 29.8 Å². The number of hydrogen-bond donors (Lipinski definition) is 2. The Labute approximate surface area is 132 Å². The van der Waals surface area contributed by atoms with Crippen LogP contribution in [0.25, 0.3) is 0 Å². The number of rotatable bonds is 2. The zero-order chi connectivity index (χ0) is 15.7. The van der Waals surface area contributed by atoms with Crippen LogP contribution in [0.5, 0.6) is 5.75 Å². The van der Waals surface area contributed by atoms with E-state index in [-0.39, 0.29) is 0 Å². The van der Waals surface area contributed by atoms with Crippen LogP contribution in [0.3, 0.4) is 0 Å². The lowest BCUT2D eigenvalue weighted by Crippen LogP contribution is -2.56. The molecule has 6 heteroatoms. The quantitative estimate of drug-likeness (QED) is 0.837. The van der Waals surface area contributed by atoms with E-state index in [0.29, 0.717) is 22.1 Å². The van der Waals surface area contributed by atoms with Gasteiger partial charge in [0.25, 0.3) is 17.4 Å². The minimum absolute atomic E-state index is 0.450. The Morgan fingerprint density at radius 1 is 1.23 bits per heavy atom. The third-order valence-electron chi connectivity index (χ3n) is 3.40. The van der Waals surface area contributed by atoms with Crippen molar-refractivity contribution in [3.8, 4) is 5.75 Å². The molecule has 3 rings (SSSR count). The SMILES string of the molecule is CC1(C(=O)Nc2cccc(Cl)c2)Oc2ccccc2NC1=O. The fourth-order valence-corrected chi connectivity index (χ4v) is 2.32. The van der Waals surface area contributed by atoms with Crippen molar-refractivity contribution in [2.75, 3.05) is 10.6 Å². The number of anilines is 2. The van der Waals surface area contributed by atoms with Crippen molar-refractivity contribution in [3.63, 3.8) is 0 Å². The van der Waals surface area contributed by atoms with Gasteiger partial charge in [0, 0.05) is 10.7 Å². The summed E-state index contributed by atoms with van der Waals surface area (Å²) in [5.74, 6) is -0.640. The highest BCUT2D eigenvalue weighted by Gasteiger charge is 2.47. The monoisotopic (exact) mass is 316 g/mol. The van der Waals surface area contributed by atoms with Crippen LogP contribution in [0.4, 0.5) is 11.4 Å². The van der Waals surface area contributed by atoms with Crippen LogP contribution in [0.1, 0.15) is 6.92 Å². The van der Waals surface area contributed by atoms with E-state index in [1.807, 2.05) is 0 Å². The molecule has 1 unspecified atom stereocenters. The van der Waals surface area contributed by atoms with E-state index in [1.165, 1.54) is 6.92 Å². The van der Waals surface area contributed by atoms with E-state index in [0.717, 1.165) is 0 Å². The molecular weight excluding hydrogens is 304 g/mol. The summed E-state index contributed by atoms with van der Waals surface area (Å²) in [6.07, 6.45) is 0. The fraction of sp³-hybridized carbons (Fsp3) is 0.125. The Morgan fingerprint density at radius 2 is 2.00 bits per heavy atom. The fourth-order valence-electron chi connectivity index (χ4n) is 2.13. The van der Waals surface area contributed by atoms with Crippen molar-refractivity contribution in [3.05, 3.63) is 53.6 Å². The van der Waals surface area contributed by atoms with Gasteiger partial charge in [0.2, 0.25) is 0 Å². The summed E-state index contributed by atoms with van der Waals surface area (Å²) < 4.78 is 5.64. The van der Waals surface area contributed by atoms with Gasteiger partial charge in [-0.3, -0.25) is 9.59 Å². The lowest BCUT2D eigenvalue weighted by Gasteiger charge is -2.33. The Bertz CT molecular complexity index is 763. The predicted octanol–water partition coefficient (Wildman–Crippen LogP) is 3.07. The van der Waals surface area contributed by atoms with E-state index in [9.17, 15) is 9.59 Å². The molecule has 1 aliphatic heterocycles. The standard InChI is InChI=1S/C16H13ClN2O3/c1-16(14(20)18-11-6-4-5-10(17)9-11)15(21)19-12-7-2-3-8-13(12)22-16/h2-9H,1H3,(H,18,20)(H,19,21). The van der Waals surface area contributed by atoms with Crippen molar-refractivity contribution in [2.24, 2.45) is 0 Å². The third kappa shape index (κ3) is 2.51. The largest absolute Gasteiger partial charge is 0.466 e. The lowest BCUT2D eigenvalue weighted by molar-refractivity contribution is -0.143. The number of carbonyl (C=O) groups excluding carboxylic acids is 2. The van der Waals surface area contributed by atoms with Crippen molar-refractivity contribution in [2.45, 2.75) is 12.5 Å². The zero-order valence-electron chi connectivity index (χ0n) is 11.7. The van der Waals surface area contributed by atoms with Gasteiger partial charge in [-0.15, -0.1) is 0 Å². The number of amides is 2. The maximum Gasteiger partial charge on any atom is 0.278 e. The normalized spacial score (nSPS) is 19.6. The first-order valence-corrected chi connectivity index (χ1v) is 7.03. The van der Waals surface area contributed by atoms with E-state index >= 15 is 0 Å². The highest BCUT2D eigenvalue weighted by molar-refractivity contribution is 6.31. The van der Waals surface area contributed by atoms with Gasteiger partial charge in [0.1, 0.15) is 5.75 Å². The minimum atomic E-state index is -1.66. The molecule has 5 nitrogen and oxygen atoms in total. The molecule has 2 aromatic carbocycles. The number of ether oxygens (including phenoxy) is 1. The topological polar surface area (TPSA) is 67.4 Å². The Balaban J connectivity index is 1.87. The Hall–Kier alpha value is -2.53. The number of fused-ring (bicyclic) bond motifs is 1. The molecule has 0 fully saturated rings. The zero-order valence-corrected chi connectivity index (χ0v) is 12.5. The van der Waals surface area contributed by atoms with Crippen LogP contribution in [-0.2, 0) is 9.59 Å². The second-order valence-corrected chi connectivity index (χ2v) is 5.49. The maximum atomic E-state index is 12.5. The highest BCUT2D eigenvalue weighted by atomic mass is 35.5. The first-order valence-electron chi connectivity index (χ1n) is 6.65. The van der Waals surface area contributed by atoms with Gasteiger partial charge < -0.3 is 15.4 Å². The molecule has 0 bridgehead atoms. The van der Waals surface area contributed by atoms with Crippen LogP contribution in [0.15, 0.2) is 48.5 Å². The molecule has 22 heavy (non-hydrogen) atoms. The number of halogens is 1. The predicted molar refractivity (Wildman–Crippen MR) is 84.2 cm³/mol. The van der Waals surface area contributed by atoms with Gasteiger partial charge in [0.15, 0.2) is 0 Å². The van der Waals surface area contributed by atoms with Crippen LogP contribution >= 0.6 is 11.6 Å². The summed E-state index contributed by atoms with van der Waals surface area (Å²) in [5, 5.41) is 5.81. The lowest BCUT2D eigenvalue weighted by atomic mass is 10.0. The van der Waals surface area contributed by atoms with Gasteiger partial charge in [-0.25, -0.2) is 0 Å². The molecule has 1 heterocycles. The Morgan fingerprint density at radius 3 is 2.77 bits per heavy atom. The van der Waals surface area contributed by atoms with Crippen LogP contribution < -0.4 is 15.4 Å². The van der Waals surface area contributed by atoms with Gasteiger partial charge in [0.05, 0.1) is 5.69 Å². The van der Waals surface area contributed by atoms with Crippen LogP contribution in [0.2, 0.25) is 5.02 Å². The molecule has 0 saturated carbocycles. The average molecular weight is 317 g/mol. The molecule has 1 atom stereocenters. The number of nitrogens with one attached hydrogen (secondary N) is 2. The molecule has 2 amide bonds. The van der Waals surface area contributed by atoms with Gasteiger partial charge in [-0.2, -0.15) is 0 Å². The first kappa shape index (κ1) is 14.4. The van der Waals surface area contributed by atoms with E-state index < -0.39 is 17.4 Å². The van der Waals surface area contributed by atoms with Crippen molar-refractivity contribution in [1.29, 1.82) is 0 Å². The number of para-hydroxylation sites is 2. The molecule has 0 aliphatic carbocycles. The van der Waals surface area contributed by atoms with Gasteiger partial charge in [-0.05, 0) is 37.3 Å². The molecule has 2 N–H and O–H groups in total. The summed E-state index contributed by atoms with van der Waals surface area (Å²) in [5.41, 5.74) is -0.619. The third-order valence-corrected chi connectivity index (χ3v) is 3.63.